The summed E-state index contributed by atoms with van der Waals surface area (Å²) in [5.74, 6) is -0.257. The summed E-state index contributed by atoms with van der Waals surface area (Å²) in [6.07, 6.45) is -1.75. The Labute approximate surface area is 239 Å². The predicted molar refractivity (Wildman–Crippen MR) is 148 cm³/mol. The van der Waals surface area contributed by atoms with Gasteiger partial charge in [-0.25, -0.2) is 0 Å². The van der Waals surface area contributed by atoms with Crippen LogP contribution in [0.4, 0.5) is 24.5 Å². The standard InChI is InChI=1S/C29H27ClF3N3O5/c1-39-23-13-18(16-34-40-11-10-37)12-21(14-23)35-26(19-2-4-20(30)5-3-19)27(38)36-17-28(8-9-28)24-7-6-22(15-25(24)36)41-29(31,32)33/h2-7,12-16,26,35,37H,8-11,17H2,1H3/b34-16+. The lowest BCUT2D eigenvalue weighted by Gasteiger charge is -2.27. The number of aliphatic hydroxyl groups is 1. The molecule has 1 aliphatic heterocycles. The minimum absolute atomic E-state index is 0.0350. The first-order chi connectivity index (χ1) is 19.6. The largest absolute Gasteiger partial charge is 0.573 e. The summed E-state index contributed by atoms with van der Waals surface area (Å²) in [5.41, 5.74) is 2.68. The zero-order valence-corrected chi connectivity index (χ0v) is 22.7. The van der Waals surface area contributed by atoms with Crippen molar-refractivity contribution < 1.29 is 37.4 Å². The number of nitrogens with zero attached hydrogens (tertiary/aromatic N) is 2. The van der Waals surface area contributed by atoms with Gasteiger partial charge in [-0.05, 0) is 54.3 Å². The summed E-state index contributed by atoms with van der Waals surface area (Å²) < 4.78 is 48.5. The molecule has 12 heteroatoms. The maximum atomic E-state index is 14.3. The van der Waals surface area contributed by atoms with E-state index in [1.165, 1.54) is 30.4 Å². The van der Waals surface area contributed by atoms with E-state index in [1.807, 2.05) is 0 Å². The summed E-state index contributed by atoms with van der Waals surface area (Å²) in [6, 6.07) is 15.2. The molecule has 216 valence electrons. The third kappa shape index (κ3) is 6.52. The van der Waals surface area contributed by atoms with Crippen molar-refractivity contribution in [3.8, 4) is 11.5 Å². The first-order valence-electron chi connectivity index (χ1n) is 12.8. The first kappa shape index (κ1) is 28.6. The fourth-order valence-electron chi connectivity index (χ4n) is 4.98. The normalized spacial score (nSPS) is 16.0. The number of rotatable bonds is 10. The van der Waals surface area contributed by atoms with Crippen LogP contribution in [-0.2, 0) is 15.0 Å². The van der Waals surface area contributed by atoms with Gasteiger partial charge in [0.1, 0.15) is 24.1 Å². The topological polar surface area (TPSA) is 92.6 Å². The first-order valence-corrected chi connectivity index (χ1v) is 13.2. The lowest BCUT2D eigenvalue weighted by molar-refractivity contribution is -0.274. The number of amides is 1. The minimum atomic E-state index is -4.86. The van der Waals surface area contributed by atoms with Gasteiger partial charge in [-0.2, -0.15) is 0 Å². The average Bonchev–Trinajstić information content (AvgIpc) is 3.65. The molecule has 0 saturated heterocycles. The molecular weight excluding hydrogens is 563 g/mol. The average molecular weight is 590 g/mol. The van der Waals surface area contributed by atoms with E-state index in [0.29, 0.717) is 39.8 Å². The molecule has 1 heterocycles. The molecule has 1 spiro atoms. The summed E-state index contributed by atoms with van der Waals surface area (Å²) in [5, 5.41) is 16.5. The number of benzene rings is 3. The highest BCUT2D eigenvalue weighted by Gasteiger charge is 2.54. The molecule has 0 radical (unpaired) electrons. The van der Waals surface area contributed by atoms with E-state index in [-0.39, 0.29) is 30.3 Å². The van der Waals surface area contributed by atoms with Crippen molar-refractivity contribution >= 4 is 35.1 Å². The molecule has 41 heavy (non-hydrogen) atoms. The lowest BCUT2D eigenvalue weighted by atomic mass is 9.99. The molecule has 1 amide bonds. The highest BCUT2D eigenvalue weighted by molar-refractivity contribution is 6.30. The van der Waals surface area contributed by atoms with Gasteiger partial charge in [0, 0.05) is 40.4 Å². The molecule has 2 aliphatic rings. The number of hydrogen-bond donors (Lipinski definition) is 2. The number of fused-ring (bicyclic) bond motifs is 2. The molecule has 3 aromatic rings. The fourth-order valence-corrected chi connectivity index (χ4v) is 5.11. The van der Waals surface area contributed by atoms with E-state index >= 15 is 0 Å². The van der Waals surface area contributed by atoms with Crippen molar-refractivity contribution in [3.63, 3.8) is 0 Å². The van der Waals surface area contributed by atoms with E-state index in [4.69, 9.17) is 26.3 Å². The second-order valence-corrected chi connectivity index (χ2v) is 10.3. The molecule has 1 atom stereocenters. The Kier molecular flexibility index (Phi) is 8.01. The van der Waals surface area contributed by atoms with Crippen LogP contribution in [0, 0.1) is 0 Å². The Morgan fingerprint density at radius 2 is 1.90 bits per heavy atom. The van der Waals surface area contributed by atoms with E-state index < -0.39 is 12.4 Å². The number of methoxy groups -OCH3 is 1. The van der Waals surface area contributed by atoms with E-state index in [0.717, 1.165) is 18.4 Å². The number of carbonyl (C=O) groups is 1. The molecule has 3 aromatic carbocycles. The SMILES string of the molecule is COc1cc(/C=N/OCCO)cc(NC(C(=O)N2CC3(CC3)c3ccc(OC(F)(F)F)cc32)c2ccc(Cl)cc2)c1. The number of carbonyl (C=O) groups excluding carboxylic acids is 1. The van der Waals surface area contributed by atoms with Crippen molar-refractivity contribution in [3.05, 3.63) is 82.4 Å². The zero-order valence-electron chi connectivity index (χ0n) is 22.0. The molecule has 5 rings (SSSR count). The molecule has 0 bridgehead atoms. The van der Waals surface area contributed by atoms with E-state index in [9.17, 15) is 18.0 Å². The Morgan fingerprint density at radius 1 is 1.15 bits per heavy atom. The Morgan fingerprint density at radius 3 is 2.56 bits per heavy atom. The van der Waals surface area contributed by atoms with Crippen LogP contribution in [0.2, 0.25) is 5.02 Å². The lowest BCUT2D eigenvalue weighted by Crippen LogP contribution is -2.38. The predicted octanol–water partition coefficient (Wildman–Crippen LogP) is 5.82. The minimum Gasteiger partial charge on any atom is -0.497 e. The molecular formula is C29H27ClF3N3O5. The number of ether oxygens (including phenoxy) is 2. The van der Waals surface area contributed by atoms with Gasteiger partial charge in [0.25, 0.3) is 5.91 Å². The maximum Gasteiger partial charge on any atom is 0.573 e. The Hall–Kier alpha value is -3.96. The third-order valence-electron chi connectivity index (χ3n) is 7.03. The number of nitrogens with one attached hydrogen (secondary N) is 1. The smallest absolute Gasteiger partial charge is 0.497 e. The summed E-state index contributed by atoms with van der Waals surface area (Å²) >= 11 is 6.12. The Bertz CT molecular complexity index is 1440. The van der Waals surface area contributed by atoms with Gasteiger partial charge in [-0.1, -0.05) is 35.0 Å². The van der Waals surface area contributed by atoms with Crippen molar-refractivity contribution in [2.24, 2.45) is 5.16 Å². The van der Waals surface area contributed by atoms with Crippen molar-refractivity contribution in [2.45, 2.75) is 30.7 Å². The van der Waals surface area contributed by atoms with Crippen LogP contribution in [0.25, 0.3) is 0 Å². The van der Waals surface area contributed by atoms with Crippen LogP contribution >= 0.6 is 11.6 Å². The monoisotopic (exact) mass is 589 g/mol. The quantitative estimate of drug-likeness (QED) is 0.176. The van der Waals surface area contributed by atoms with Gasteiger partial charge >= 0.3 is 6.36 Å². The molecule has 8 nitrogen and oxygen atoms in total. The van der Waals surface area contributed by atoms with E-state index in [2.05, 4.69) is 15.2 Å². The maximum absolute atomic E-state index is 14.3. The fraction of sp³-hybridized carbons (Fsp3) is 0.310. The number of oxime groups is 1. The highest BCUT2D eigenvalue weighted by Crippen LogP contribution is 2.57. The number of aliphatic hydroxyl groups excluding tert-OH is 1. The van der Waals surface area contributed by atoms with Crippen LogP contribution in [0.15, 0.2) is 65.8 Å². The zero-order chi connectivity index (χ0) is 29.2. The van der Waals surface area contributed by atoms with Crippen LogP contribution in [-0.4, -0.2) is 50.5 Å². The number of hydrogen-bond acceptors (Lipinski definition) is 7. The van der Waals surface area contributed by atoms with Crippen LogP contribution in [0.3, 0.4) is 0 Å². The second-order valence-electron chi connectivity index (χ2n) is 9.85. The van der Waals surface area contributed by atoms with Gasteiger partial charge in [-0.15, -0.1) is 13.2 Å². The molecule has 1 unspecified atom stereocenters. The third-order valence-corrected chi connectivity index (χ3v) is 7.28. The van der Waals surface area contributed by atoms with Crippen LogP contribution < -0.4 is 19.7 Å². The number of alkyl halides is 3. The Balaban J connectivity index is 1.50. The molecule has 1 aliphatic carbocycles. The van der Waals surface area contributed by atoms with Crippen molar-refractivity contribution in [2.75, 3.05) is 37.1 Å². The molecule has 0 aromatic heterocycles. The van der Waals surface area contributed by atoms with Gasteiger partial charge < -0.3 is 29.6 Å². The number of anilines is 2. The summed E-state index contributed by atoms with van der Waals surface area (Å²) in [4.78, 5) is 20.8. The highest BCUT2D eigenvalue weighted by atomic mass is 35.5. The van der Waals surface area contributed by atoms with Gasteiger partial charge in [0.2, 0.25) is 0 Å². The van der Waals surface area contributed by atoms with Gasteiger partial charge in [-0.3, -0.25) is 4.79 Å². The van der Waals surface area contributed by atoms with Crippen LogP contribution in [0.5, 0.6) is 11.5 Å². The van der Waals surface area contributed by atoms with Crippen molar-refractivity contribution in [1.29, 1.82) is 0 Å². The molecule has 1 saturated carbocycles. The van der Waals surface area contributed by atoms with Crippen molar-refractivity contribution in [1.82, 2.24) is 0 Å². The molecule has 2 N–H and O–H groups in total. The van der Waals surface area contributed by atoms with Gasteiger partial charge in [0.05, 0.1) is 25.6 Å². The number of halogens is 4. The van der Waals surface area contributed by atoms with E-state index in [1.54, 1.807) is 48.5 Å². The summed E-state index contributed by atoms with van der Waals surface area (Å²) in [6.45, 7) is 0.200. The summed E-state index contributed by atoms with van der Waals surface area (Å²) in [7, 11) is 1.50. The second kappa shape index (κ2) is 11.5. The van der Waals surface area contributed by atoms with Crippen LogP contribution in [0.1, 0.15) is 35.6 Å². The van der Waals surface area contributed by atoms with Gasteiger partial charge in [0.15, 0.2) is 0 Å². The molecule has 1 fully saturated rings.